The molecule has 0 saturated heterocycles. The second-order valence-corrected chi connectivity index (χ2v) is 6.21. The van der Waals surface area contributed by atoms with Crippen LogP contribution < -0.4 is 14.8 Å². The van der Waals surface area contributed by atoms with E-state index in [9.17, 15) is 4.79 Å². The summed E-state index contributed by atoms with van der Waals surface area (Å²) in [6.07, 6.45) is 1.61. The lowest BCUT2D eigenvalue weighted by Gasteiger charge is -2.18. The van der Waals surface area contributed by atoms with Crippen LogP contribution in [0.1, 0.15) is 33.5 Å². The number of methoxy groups -OCH3 is 2. The number of aryl methyl sites for hydroxylation is 2. The molecule has 0 bridgehead atoms. The molecular weight excluding hydrogens is 346 g/mol. The number of nitrogens with one attached hydrogen (secondary N) is 1. The number of aromatic nitrogens is 2. The highest BCUT2D eigenvalue weighted by atomic mass is 16.5. The molecule has 0 fully saturated rings. The molecule has 1 N–H and O–H groups in total. The van der Waals surface area contributed by atoms with Gasteiger partial charge in [0.15, 0.2) is 0 Å². The van der Waals surface area contributed by atoms with Gasteiger partial charge in [-0.3, -0.25) is 9.48 Å². The Morgan fingerprint density at radius 1 is 1.19 bits per heavy atom. The fraction of sp³-hybridized carbons (Fsp3) is 0.300. The Labute approximate surface area is 157 Å². The monoisotopic (exact) mass is 369 g/mol. The van der Waals surface area contributed by atoms with Crippen LogP contribution in [0.2, 0.25) is 0 Å². The zero-order valence-corrected chi connectivity index (χ0v) is 15.9. The van der Waals surface area contributed by atoms with Crippen LogP contribution in [0.15, 0.2) is 47.1 Å². The van der Waals surface area contributed by atoms with Crippen LogP contribution in [0.5, 0.6) is 11.5 Å². The van der Waals surface area contributed by atoms with Crippen LogP contribution >= 0.6 is 0 Å². The summed E-state index contributed by atoms with van der Waals surface area (Å²) in [5, 5.41) is 7.49. The minimum absolute atomic E-state index is 0.231. The molecule has 1 atom stereocenters. The Morgan fingerprint density at radius 2 is 1.89 bits per heavy atom. The third-order valence-corrected chi connectivity index (χ3v) is 4.28. The SMILES string of the molecule is COc1cc(OC)cc(C(=O)NCC(c2ccco2)n2nc(C)cc2C)c1. The molecular formula is C20H23N3O4. The van der Waals surface area contributed by atoms with Gasteiger partial charge in [-0.05, 0) is 44.2 Å². The fourth-order valence-electron chi connectivity index (χ4n) is 2.98. The average Bonchev–Trinajstić information content (AvgIpc) is 3.31. The van der Waals surface area contributed by atoms with E-state index in [2.05, 4.69) is 10.4 Å². The Bertz CT molecular complexity index is 893. The molecule has 0 saturated carbocycles. The van der Waals surface area contributed by atoms with Crippen LogP contribution in [-0.2, 0) is 0 Å². The standard InChI is InChI=1S/C20H23N3O4/c1-13-8-14(2)23(22-13)18(19-6-5-7-27-19)12-21-20(24)15-9-16(25-3)11-17(10-15)26-4/h5-11,18H,12H2,1-4H3,(H,21,24). The predicted molar refractivity (Wildman–Crippen MR) is 100 cm³/mol. The first-order valence-electron chi connectivity index (χ1n) is 8.59. The highest BCUT2D eigenvalue weighted by Gasteiger charge is 2.21. The summed E-state index contributed by atoms with van der Waals surface area (Å²) in [4.78, 5) is 12.7. The van der Waals surface area contributed by atoms with E-state index in [4.69, 9.17) is 13.9 Å². The first kappa shape index (κ1) is 18.6. The maximum absolute atomic E-state index is 12.7. The highest BCUT2D eigenvalue weighted by Crippen LogP contribution is 2.23. The first-order valence-corrected chi connectivity index (χ1v) is 8.59. The van der Waals surface area contributed by atoms with Gasteiger partial charge in [0.1, 0.15) is 23.3 Å². The summed E-state index contributed by atoms with van der Waals surface area (Å²) in [6.45, 7) is 4.24. The van der Waals surface area contributed by atoms with Gasteiger partial charge < -0.3 is 19.2 Å². The molecule has 7 nitrogen and oxygen atoms in total. The minimum atomic E-state index is -0.245. The summed E-state index contributed by atoms with van der Waals surface area (Å²) in [6, 6.07) is 10.5. The van der Waals surface area contributed by atoms with Crippen molar-refractivity contribution in [3.8, 4) is 11.5 Å². The molecule has 142 valence electrons. The molecule has 3 rings (SSSR count). The Morgan fingerprint density at radius 3 is 2.41 bits per heavy atom. The summed E-state index contributed by atoms with van der Waals surface area (Å²) in [5.41, 5.74) is 2.36. The second kappa shape index (κ2) is 7.99. The van der Waals surface area contributed by atoms with Crippen molar-refractivity contribution in [1.29, 1.82) is 0 Å². The third kappa shape index (κ3) is 4.13. The summed E-state index contributed by atoms with van der Waals surface area (Å²) < 4.78 is 17.9. The molecule has 0 spiro atoms. The number of carbonyl (C=O) groups is 1. The number of hydrogen-bond donors (Lipinski definition) is 1. The number of furan rings is 1. The van der Waals surface area contributed by atoms with Gasteiger partial charge in [-0.15, -0.1) is 0 Å². The van der Waals surface area contributed by atoms with Gasteiger partial charge in [0, 0.05) is 23.9 Å². The molecule has 1 amide bonds. The number of benzene rings is 1. The Hall–Kier alpha value is -3.22. The lowest BCUT2D eigenvalue weighted by atomic mass is 10.1. The van der Waals surface area contributed by atoms with Gasteiger partial charge in [-0.1, -0.05) is 0 Å². The highest BCUT2D eigenvalue weighted by molar-refractivity contribution is 5.95. The van der Waals surface area contributed by atoms with E-state index < -0.39 is 0 Å². The second-order valence-electron chi connectivity index (χ2n) is 6.21. The van der Waals surface area contributed by atoms with Crippen LogP contribution in [-0.4, -0.2) is 36.5 Å². The third-order valence-electron chi connectivity index (χ3n) is 4.28. The maximum Gasteiger partial charge on any atom is 0.251 e. The molecule has 2 aromatic heterocycles. The minimum Gasteiger partial charge on any atom is -0.497 e. The summed E-state index contributed by atoms with van der Waals surface area (Å²) in [7, 11) is 3.10. The van der Waals surface area contributed by atoms with E-state index in [0.29, 0.717) is 23.6 Å². The van der Waals surface area contributed by atoms with E-state index in [1.807, 2.05) is 36.7 Å². The molecule has 0 aliphatic heterocycles. The number of carbonyl (C=O) groups excluding carboxylic acids is 1. The van der Waals surface area contributed by atoms with Crippen molar-refractivity contribution >= 4 is 5.91 Å². The summed E-state index contributed by atoms with van der Waals surface area (Å²) >= 11 is 0. The smallest absolute Gasteiger partial charge is 0.251 e. The average molecular weight is 369 g/mol. The number of rotatable bonds is 7. The lowest BCUT2D eigenvalue weighted by molar-refractivity contribution is 0.0947. The zero-order valence-electron chi connectivity index (χ0n) is 15.9. The number of hydrogen-bond acceptors (Lipinski definition) is 5. The van der Waals surface area contributed by atoms with E-state index in [1.165, 1.54) is 0 Å². The van der Waals surface area contributed by atoms with Crippen molar-refractivity contribution < 1.29 is 18.7 Å². The largest absolute Gasteiger partial charge is 0.497 e. The Balaban J connectivity index is 1.82. The number of nitrogens with zero attached hydrogens (tertiary/aromatic N) is 2. The van der Waals surface area contributed by atoms with Gasteiger partial charge in [0.05, 0.1) is 26.2 Å². The van der Waals surface area contributed by atoms with Crippen LogP contribution in [0.3, 0.4) is 0 Å². The van der Waals surface area contributed by atoms with Crippen molar-refractivity contribution in [3.63, 3.8) is 0 Å². The van der Waals surface area contributed by atoms with E-state index in [0.717, 1.165) is 17.1 Å². The first-order chi connectivity index (χ1) is 13.0. The fourth-order valence-corrected chi connectivity index (χ4v) is 2.98. The van der Waals surface area contributed by atoms with Crippen molar-refractivity contribution in [2.45, 2.75) is 19.9 Å². The molecule has 1 aromatic carbocycles. The van der Waals surface area contributed by atoms with Crippen LogP contribution in [0, 0.1) is 13.8 Å². The summed E-state index contributed by atoms with van der Waals surface area (Å²) in [5.74, 6) is 1.61. The number of ether oxygens (including phenoxy) is 2. The zero-order chi connectivity index (χ0) is 19.4. The van der Waals surface area contributed by atoms with Crippen LogP contribution in [0.25, 0.3) is 0 Å². The molecule has 7 heteroatoms. The normalized spacial score (nSPS) is 11.9. The molecule has 27 heavy (non-hydrogen) atoms. The molecule has 0 aliphatic carbocycles. The van der Waals surface area contributed by atoms with E-state index in [-0.39, 0.29) is 11.9 Å². The lowest BCUT2D eigenvalue weighted by Crippen LogP contribution is -2.32. The quantitative estimate of drug-likeness (QED) is 0.692. The van der Waals surface area contributed by atoms with Gasteiger partial charge in [-0.25, -0.2) is 0 Å². The molecule has 3 aromatic rings. The molecule has 0 aliphatic rings. The van der Waals surface area contributed by atoms with Crippen molar-refractivity contribution in [2.75, 3.05) is 20.8 Å². The van der Waals surface area contributed by atoms with E-state index >= 15 is 0 Å². The van der Waals surface area contributed by atoms with Crippen molar-refractivity contribution in [2.24, 2.45) is 0 Å². The maximum atomic E-state index is 12.7. The van der Waals surface area contributed by atoms with Crippen molar-refractivity contribution in [3.05, 3.63) is 65.4 Å². The van der Waals surface area contributed by atoms with Crippen LogP contribution in [0.4, 0.5) is 0 Å². The number of amides is 1. The van der Waals surface area contributed by atoms with E-state index in [1.54, 1.807) is 38.7 Å². The molecule has 0 radical (unpaired) electrons. The molecule has 2 heterocycles. The van der Waals surface area contributed by atoms with Gasteiger partial charge >= 0.3 is 0 Å². The predicted octanol–water partition coefficient (Wildman–Crippen LogP) is 3.13. The van der Waals surface area contributed by atoms with Crippen molar-refractivity contribution in [1.82, 2.24) is 15.1 Å². The molecule has 1 unspecified atom stereocenters. The van der Waals surface area contributed by atoms with Gasteiger partial charge in [0.25, 0.3) is 5.91 Å². The Kier molecular flexibility index (Phi) is 5.49. The van der Waals surface area contributed by atoms with Gasteiger partial charge in [-0.2, -0.15) is 5.10 Å². The topological polar surface area (TPSA) is 78.5 Å². The van der Waals surface area contributed by atoms with Gasteiger partial charge in [0.2, 0.25) is 0 Å².